The molecule has 168 valence electrons. The van der Waals surface area contributed by atoms with Gasteiger partial charge >= 0.3 is 0 Å². The van der Waals surface area contributed by atoms with E-state index in [1.807, 2.05) is 43.0 Å². The highest BCUT2D eigenvalue weighted by atomic mass is 35.5. The van der Waals surface area contributed by atoms with Crippen LogP contribution in [0.1, 0.15) is 29.5 Å². The molecule has 1 amide bonds. The number of benzene rings is 2. The molecule has 0 bridgehead atoms. The second-order valence-corrected chi connectivity index (χ2v) is 8.88. The maximum absolute atomic E-state index is 12.7. The van der Waals surface area contributed by atoms with Crippen LogP contribution in [0.25, 0.3) is 10.9 Å². The molecule has 0 saturated carbocycles. The Bertz CT molecular complexity index is 1100. The van der Waals surface area contributed by atoms with Crippen molar-refractivity contribution in [2.24, 2.45) is 0 Å². The van der Waals surface area contributed by atoms with E-state index in [2.05, 4.69) is 30.0 Å². The number of anilines is 1. The predicted octanol–water partition coefficient (Wildman–Crippen LogP) is 5.32. The lowest BCUT2D eigenvalue weighted by molar-refractivity contribution is -0.131. The number of hydrogen-bond donors (Lipinski definition) is 0. The Labute approximate surface area is 194 Å². The number of para-hydroxylation sites is 1. The largest absolute Gasteiger partial charge is 0.494 e. The Balaban J connectivity index is 1.25. The zero-order chi connectivity index (χ0) is 22.7. The maximum Gasteiger partial charge on any atom is 0.222 e. The topological polar surface area (TPSA) is 45.7 Å². The number of hydrogen-bond acceptors (Lipinski definition) is 4. The number of amides is 1. The summed E-state index contributed by atoms with van der Waals surface area (Å²) in [6.07, 6.45) is 1.20. The van der Waals surface area contributed by atoms with Crippen LogP contribution < -0.4 is 9.64 Å². The van der Waals surface area contributed by atoms with E-state index in [4.69, 9.17) is 21.3 Å². The molecule has 5 nitrogen and oxygen atoms in total. The van der Waals surface area contributed by atoms with Crippen molar-refractivity contribution >= 4 is 34.2 Å². The fourth-order valence-electron chi connectivity index (χ4n) is 4.24. The number of aromatic nitrogens is 1. The fourth-order valence-corrected chi connectivity index (χ4v) is 4.35. The number of aryl methyl sites for hydroxylation is 3. The first kappa shape index (κ1) is 22.4. The third-order valence-corrected chi connectivity index (χ3v) is 6.68. The minimum atomic E-state index is 0.194. The molecule has 1 saturated heterocycles. The van der Waals surface area contributed by atoms with Crippen LogP contribution >= 0.6 is 11.6 Å². The van der Waals surface area contributed by atoms with E-state index >= 15 is 0 Å². The van der Waals surface area contributed by atoms with Crippen molar-refractivity contribution in [3.63, 3.8) is 0 Å². The van der Waals surface area contributed by atoms with E-state index < -0.39 is 0 Å². The second-order valence-electron chi connectivity index (χ2n) is 8.51. The van der Waals surface area contributed by atoms with Crippen LogP contribution in [-0.2, 0) is 4.79 Å². The summed E-state index contributed by atoms with van der Waals surface area (Å²) in [5.41, 5.74) is 4.26. The average Bonchev–Trinajstić information content (AvgIpc) is 2.80. The molecule has 1 aliphatic rings. The average molecular weight is 452 g/mol. The smallest absolute Gasteiger partial charge is 0.222 e. The highest BCUT2D eigenvalue weighted by Crippen LogP contribution is 2.26. The summed E-state index contributed by atoms with van der Waals surface area (Å²) in [5, 5.41) is 1.97. The summed E-state index contributed by atoms with van der Waals surface area (Å²) >= 11 is 6.21. The van der Waals surface area contributed by atoms with Crippen LogP contribution in [0.5, 0.6) is 5.75 Å². The standard InChI is InChI=1S/C26H30ClN3O2/c1-18-17-24(28-23-8-5-4-7-22(18)23)29-10-12-30(13-11-29)25(31)9-6-14-32-21-15-19(2)26(27)20(3)16-21/h4-5,7-8,15-17H,6,9-14H2,1-3H3. The molecule has 0 N–H and O–H groups in total. The lowest BCUT2D eigenvalue weighted by Gasteiger charge is -2.35. The highest BCUT2D eigenvalue weighted by Gasteiger charge is 2.22. The number of rotatable bonds is 6. The molecule has 0 spiro atoms. The molecular formula is C26H30ClN3O2. The first-order chi connectivity index (χ1) is 15.4. The second kappa shape index (κ2) is 9.78. The van der Waals surface area contributed by atoms with Gasteiger partial charge in [-0.2, -0.15) is 0 Å². The number of pyridine rings is 1. The van der Waals surface area contributed by atoms with E-state index in [0.29, 0.717) is 19.4 Å². The highest BCUT2D eigenvalue weighted by molar-refractivity contribution is 6.32. The van der Waals surface area contributed by atoms with E-state index in [0.717, 1.165) is 59.4 Å². The van der Waals surface area contributed by atoms with E-state index in [-0.39, 0.29) is 5.91 Å². The summed E-state index contributed by atoms with van der Waals surface area (Å²) in [6, 6.07) is 14.3. The third-order valence-electron chi connectivity index (χ3n) is 6.08. The number of piperazine rings is 1. The van der Waals surface area contributed by atoms with Crippen LogP contribution in [0, 0.1) is 20.8 Å². The number of nitrogens with zero attached hydrogens (tertiary/aromatic N) is 3. The Morgan fingerprint density at radius 3 is 2.41 bits per heavy atom. The SMILES string of the molecule is Cc1cc(OCCCC(=O)N2CCN(c3cc(C)c4ccccc4n3)CC2)cc(C)c1Cl. The predicted molar refractivity (Wildman–Crippen MR) is 131 cm³/mol. The quantitative estimate of drug-likeness (QED) is 0.476. The van der Waals surface area contributed by atoms with E-state index in [1.54, 1.807) is 0 Å². The van der Waals surface area contributed by atoms with Crippen molar-refractivity contribution in [1.82, 2.24) is 9.88 Å². The van der Waals surface area contributed by atoms with E-state index in [1.165, 1.54) is 10.9 Å². The van der Waals surface area contributed by atoms with Crippen LogP contribution in [0.3, 0.4) is 0 Å². The zero-order valence-electron chi connectivity index (χ0n) is 19.0. The van der Waals surface area contributed by atoms with Crippen molar-refractivity contribution in [2.45, 2.75) is 33.6 Å². The van der Waals surface area contributed by atoms with Gasteiger partial charge in [0.1, 0.15) is 11.6 Å². The van der Waals surface area contributed by atoms with Gasteiger partial charge in [0.15, 0.2) is 0 Å². The molecular weight excluding hydrogens is 422 g/mol. The molecule has 0 unspecified atom stereocenters. The minimum absolute atomic E-state index is 0.194. The normalized spacial score (nSPS) is 14.1. The van der Waals surface area contributed by atoms with Crippen molar-refractivity contribution < 1.29 is 9.53 Å². The summed E-state index contributed by atoms with van der Waals surface area (Å²) in [4.78, 5) is 21.7. The van der Waals surface area contributed by atoms with Crippen LogP contribution in [0.4, 0.5) is 5.82 Å². The lowest BCUT2D eigenvalue weighted by Crippen LogP contribution is -2.49. The van der Waals surface area contributed by atoms with Crippen molar-refractivity contribution in [3.8, 4) is 5.75 Å². The summed E-state index contributed by atoms with van der Waals surface area (Å²) in [5.74, 6) is 2.00. The number of carbonyl (C=O) groups excluding carboxylic acids is 1. The lowest BCUT2D eigenvalue weighted by atomic mass is 10.1. The van der Waals surface area contributed by atoms with Crippen molar-refractivity contribution in [1.29, 1.82) is 0 Å². The monoisotopic (exact) mass is 451 g/mol. The van der Waals surface area contributed by atoms with Gasteiger partial charge < -0.3 is 14.5 Å². The van der Waals surface area contributed by atoms with Crippen LogP contribution in [0.2, 0.25) is 5.02 Å². The molecule has 3 aromatic rings. The number of carbonyl (C=O) groups is 1. The van der Waals surface area contributed by atoms with Crippen molar-refractivity contribution in [3.05, 3.63) is 64.2 Å². The number of fused-ring (bicyclic) bond motifs is 1. The molecule has 4 rings (SSSR count). The van der Waals surface area contributed by atoms with Gasteiger partial charge in [-0.25, -0.2) is 4.98 Å². The van der Waals surface area contributed by atoms with Gasteiger partial charge in [0.25, 0.3) is 0 Å². The molecule has 0 aliphatic carbocycles. The summed E-state index contributed by atoms with van der Waals surface area (Å²) in [6.45, 7) is 9.65. The van der Waals surface area contributed by atoms with Gasteiger partial charge in [-0.15, -0.1) is 0 Å². The van der Waals surface area contributed by atoms with Crippen molar-refractivity contribution in [2.75, 3.05) is 37.7 Å². The van der Waals surface area contributed by atoms with Gasteiger partial charge in [0.05, 0.1) is 12.1 Å². The first-order valence-corrected chi connectivity index (χ1v) is 11.6. The molecule has 6 heteroatoms. The molecule has 1 aliphatic heterocycles. The van der Waals surface area contributed by atoms with Gasteiger partial charge in [-0.1, -0.05) is 29.8 Å². The molecule has 2 heterocycles. The molecule has 0 radical (unpaired) electrons. The van der Waals surface area contributed by atoms with Gasteiger partial charge in [0, 0.05) is 43.0 Å². The molecule has 1 fully saturated rings. The zero-order valence-corrected chi connectivity index (χ0v) is 19.8. The molecule has 1 aromatic heterocycles. The number of ether oxygens (including phenoxy) is 1. The van der Waals surface area contributed by atoms with Crippen LogP contribution in [0.15, 0.2) is 42.5 Å². The van der Waals surface area contributed by atoms with Gasteiger partial charge in [-0.05, 0) is 68.1 Å². The van der Waals surface area contributed by atoms with Crippen LogP contribution in [-0.4, -0.2) is 48.6 Å². The fraction of sp³-hybridized carbons (Fsp3) is 0.385. The number of halogens is 1. The first-order valence-electron chi connectivity index (χ1n) is 11.2. The Morgan fingerprint density at radius 2 is 1.69 bits per heavy atom. The maximum atomic E-state index is 12.7. The molecule has 2 aromatic carbocycles. The third kappa shape index (κ3) is 4.99. The molecule has 32 heavy (non-hydrogen) atoms. The Kier molecular flexibility index (Phi) is 6.85. The minimum Gasteiger partial charge on any atom is -0.494 e. The van der Waals surface area contributed by atoms with Gasteiger partial charge in [-0.3, -0.25) is 4.79 Å². The van der Waals surface area contributed by atoms with Gasteiger partial charge in [0.2, 0.25) is 5.91 Å². The summed E-state index contributed by atoms with van der Waals surface area (Å²) < 4.78 is 5.84. The molecule has 0 atom stereocenters. The Hall–Kier alpha value is -2.79. The Morgan fingerprint density at radius 1 is 1.00 bits per heavy atom. The van der Waals surface area contributed by atoms with E-state index in [9.17, 15) is 4.79 Å². The summed E-state index contributed by atoms with van der Waals surface area (Å²) in [7, 11) is 0.